The minimum absolute atomic E-state index is 0.211. The van der Waals surface area contributed by atoms with Crippen molar-refractivity contribution in [3.05, 3.63) is 35.9 Å². The predicted octanol–water partition coefficient (Wildman–Crippen LogP) is 0.0886. The fourth-order valence-corrected chi connectivity index (χ4v) is 1.29. The van der Waals surface area contributed by atoms with Gasteiger partial charge in [-0.15, -0.1) is 0 Å². The monoisotopic (exact) mass is 223 g/mol. The van der Waals surface area contributed by atoms with Gasteiger partial charge in [0.1, 0.15) is 0 Å². The second-order valence-corrected chi connectivity index (χ2v) is 4.09. The lowest BCUT2D eigenvalue weighted by atomic mass is 10.0. The second kappa shape index (κ2) is 5.63. The summed E-state index contributed by atoms with van der Waals surface area (Å²) in [4.78, 5) is 11.6. The van der Waals surface area contributed by atoms with Crippen LogP contribution in [-0.4, -0.2) is 34.9 Å². The van der Waals surface area contributed by atoms with Crippen molar-refractivity contribution in [1.82, 2.24) is 5.32 Å². The number of hydrogen-bond acceptors (Lipinski definition) is 3. The number of aliphatic hydroxyl groups excluding tert-OH is 2. The van der Waals surface area contributed by atoms with E-state index >= 15 is 0 Å². The molecule has 0 aliphatic heterocycles. The van der Waals surface area contributed by atoms with Gasteiger partial charge in [-0.05, 0) is 12.5 Å². The Hall–Kier alpha value is -1.39. The molecule has 0 aliphatic carbocycles. The van der Waals surface area contributed by atoms with Gasteiger partial charge < -0.3 is 15.5 Å². The van der Waals surface area contributed by atoms with Crippen molar-refractivity contribution in [3.8, 4) is 0 Å². The Morgan fingerprint density at radius 2 is 1.81 bits per heavy atom. The maximum Gasteiger partial charge on any atom is 0.224 e. The largest absolute Gasteiger partial charge is 0.394 e. The average molecular weight is 223 g/mol. The van der Waals surface area contributed by atoms with Crippen LogP contribution in [0.25, 0.3) is 0 Å². The van der Waals surface area contributed by atoms with E-state index < -0.39 is 5.54 Å². The van der Waals surface area contributed by atoms with Crippen molar-refractivity contribution in [2.45, 2.75) is 18.9 Å². The number of benzene rings is 1. The Bertz CT molecular complexity index is 333. The molecular weight excluding hydrogens is 206 g/mol. The molecule has 3 N–H and O–H groups in total. The number of carbonyl (C=O) groups excluding carboxylic acids is 1. The van der Waals surface area contributed by atoms with Gasteiger partial charge in [0.15, 0.2) is 0 Å². The highest BCUT2D eigenvalue weighted by Crippen LogP contribution is 2.04. The van der Waals surface area contributed by atoms with E-state index in [0.717, 1.165) is 5.56 Å². The van der Waals surface area contributed by atoms with Crippen molar-refractivity contribution in [2.75, 3.05) is 13.2 Å². The highest BCUT2D eigenvalue weighted by Gasteiger charge is 2.24. The van der Waals surface area contributed by atoms with Gasteiger partial charge in [-0.2, -0.15) is 0 Å². The number of aliphatic hydroxyl groups is 2. The van der Waals surface area contributed by atoms with Crippen molar-refractivity contribution in [1.29, 1.82) is 0 Å². The molecule has 0 aromatic heterocycles. The predicted molar refractivity (Wildman–Crippen MR) is 60.9 cm³/mol. The molecule has 16 heavy (non-hydrogen) atoms. The first-order chi connectivity index (χ1) is 7.59. The number of nitrogens with one attached hydrogen (secondary N) is 1. The lowest BCUT2D eigenvalue weighted by Gasteiger charge is -2.26. The molecule has 0 heterocycles. The minimum Gasteiger partial charge on any atom is -0.394 e. The molecule has 0 fully saturated rings. The Morgan fingerprint density at radius 1 is 1.25 bits per heavy atom. The molecule has 88 valence electrons. The van der Waals surface area contributed by atoms with Crippen LogP contribution in [0.5, 0.6) is 0 Å². The first-order valence-corrected chi connectivity index (χ1v) is 5.16. The summed E-state index contributed by atoms with van der Waals surface area (Å²) < 4.78 is 0. The third-order valence-electron chi connectivity index (χ3n) is 2.35. The van der Waals surface area contributed by atoms with E-state index in [2.05, 4.69) is 5.32 Å². The fraction of sp³-hybridized carbons (Fsp3) is 0.417. The van der Waals surface area contributed by atoms with Crippen LogP contribution >= 0.6 is 0 Å². The fourth-order valence-electron chi connectivity index (χ4n) is 1.29. The maximum atomic E-state index is 11.6. The molecule has 1 amide bonds. The normalized spacial score (nSPS) is 11.2. The summed E-state index contributed by atoms with van der Waals surface area (Å²) >= 11 is 0. The molecule has 0 saturated heterocycles. The van der Waals surface area contributed by atoms with Gasteiger partial charge in [0.05, 0.1) is 25.2 Å². The summed E-state index contributed by atoms with van der Waals surface area (Å²) in [5, 5.41) is 20.7. The molecule has 0 radical (unpaired) electrons. The van der Waals surface area contributed by atoms with Crippen LogP contribution in [0.15, 0.2) is 30.3 Å². The Balaban J connectivity index is 2.54. The van der Waals surface area contributed by atoms with Crippen LogP contribution in [-0.2, 0) is 11.2 Å². The number of hydrogen-bond donors (Lipinski definition) is 3. The SMILES string of the molecule is CC(CO)(CO)NC(=O)Cc1ccccc1. The van der Waals surface area contributed by atoms with Crippen LogP contribution in [0.1, 0.15) is 12.5 Å². The molecule has 0 unspecified atom stereocenters. The molecule has 0 atom stereocenters. The third-order valence-corrected chi connectivity index (χ3v) is 2.35. The smallest absolute Gasteiger partial charge is 0.224 e. The van der Waals surface area contributed by atoms with E-state index in [1.54, 1.807) is 6.92 Å². The highest BCUT2D eigenvalue weighted by molar-refractivity contribution is 5.79. The molecule has 1 aromatic rings. The molecule has 0 saturated carbocycles. The summed E-state index contributed by atoms with van der Waals surface area (Å²) in [7, 11) is 0. The van der Waals surface area contributed by atoms with E-state index in [0.29, 0.717) is 0 Å². The number of amides is 1. The molecule has 4 nitrogen and oxygen atoms in total. The summed E-state index contributed by atoms with van der Waals surface area (Å²) in [6.45, 7) is 1.02. The van der Waals surface area contributed by atoms with E-state index in [1.807, 2.05) is 30.3 Å². The van der Waals surface area contributed by atoms with Gasteiger partial charge in [-0.1, -0.05) is 30.3 Å². The van der Waals surface area contributed by atoms with E-state index in [9.17, 15) is 4.79 Å². The van der Waals surface area contributed by atoms with Crippen LogP contribution in [0, 0.1) is 0 Å². The van der Waals surface area contributed by atoms with Crippen LogP contribution in [0.3, 0.4) is 0 Å². The molecule has 1 rings (SSSR count). The Labute approximate surface area is 94.9 Å². The van der Waals surface area contributed by atoms with Crippen molar-refractivity contribution >= 4 is 5.91 Å². The zero-order chi connectivity index (χ0) is 12.0. The topological polar surface area (TPSA) is 69.6 Å². The molecule has 0 aliphatic rings. The second-order valence-electron chi connectivity index (χ2n) is 4.09. The number of rotatable bonds is 5. The van der Waals surface area contributed by atoms with Gasteiger partial charge in [0, 0.05) is 0 Å². The summed E-state index contributed by atoms with van der Waals surface area (Å²) in [6.07, 6.45) is 0.246. The molecule has 4 heteroatoms. The van der Waals surface area contributed by atoms with Crippen LogP contribution in [0.2, 0.25) is 0 Å². The zero-order valence-corrected chi connectivity index (χ0v) is 9.31. The highest BCUT2D eigenvalue weighted by atomic mass is 16.3. The van der Waals surface area contributed by atoms with E-state index in [1.165, 1.54) is 0 Å². The van der Waals surface area contributed by atoms with Gasteiger partial charge in [-0.25, -0.2) is 0 Å². The van der Waals surface area contributed by atoms with Crippen molar-refractivity contribution < 1.29 is 15.0 Å². The lowest BCUT2D eigenvalue weighted by molar-refractivity contribution is -0.123. The standard InChI is InChI=1S/C12H17NO3/c1-12(8-14,9-15)13-11(16)7-10-5-3-2-4-6-10/h2-6,14-15H,7-9H2,1H3,(H,13,16). The summed E-state index contributed by atoms with van der Waals surface area (Å²) in [5.41, 5.74) is -0.0514. The quantitative estimate of drug-likeness (QED) is 0.662. The Morgan fingerprint density at radius 3 is 2.31 bits per heavy atom. The molecular formula is C12H17NO3. The summed E-state index contributed by atoms with van der Waals surface area (Å²) in [5.74, 6) is -0.211. The van der Waals surface area contributed by atoms with Crippen molar-refractivity contribution in [2.24, 2.45) is 0 Å². The molecule has 0 bridgehead atoms. The maximum absolute atomic E-state index is 11.6. The van der Waals surface area contributed by atoms with Crippen LogP contribution in [0.4, 0.5) is 0 Å². The number of carbonyl (C=O) groups is 1. The first-order valence-electron chi connectivity index (χ1n) is 5.16. The van der Waals surface area contributed by atoms with Crippen LogP contribution < -0.4 is 5.32 Å². The van der Waals surface area contributed by atoms with Gasteiger partial charge >= 0.3 is 0 Å². The zero-order valence-electron chi connectivity index (χ0n) is 9.31. The van der Waals surface area contributed by atoms with Gasteiger partial charge in [0.2, 0.25) is 5.91 Å². The van der Waals surface area contributed by atoms with E-state index in [4.69, 9.17) is 10.2 Å². The molecule has 1 aromatic carbocycles. The lowest BCUT2D eigenvalue weighted by Crippen LogP contribution is -2.52. The molecule has 0 spiro atoms. The first kappa shape index (κ1) is 12.7. The van der Waals surface area contributed by atoms with Gasteiger partial charge in [-0.3, -0.25) is 4.79 Å². The average Bonchev–Trinajstić information content (AvgIpc) is 2.30. The third kappa shape index (κ3) is 3.64. The summed E-state index contributed by atoms with van der Waals surface area (Å²) in [6, 6.07) is 9.32. The van der Waals surface area contributed by atoms with Gasteiger partial charge in [0.25, 0.3) is 0 Å². The van der Waals surface area contributed by atoms with Crippen molar-refractivity contribution in [3.63, 3.8) is 0 Å². The van der Waals surface area contributed by atoms with E-state index in [-0.39, 0.29) is 25.5 Å². The Kier molecular flexibility index (Phi) is 4.46. The minimum atomic E-state index is -0.953.